The van der Waals surface area contributed by atoms with Crippen molar-refractivity contribution in [3.8, 4) is 5.75 Å². The first-order valence-corrected chi connectivity index (χ1v) is 7.21. The number of carbonyl (C=O) groups is 3. The molecule has 124 valence electrons. The van der Waals surface area contributed by atoms with Crippen LogP contribution in [0.5, 0.6) is 5.75 Å². The highest BCUT2D eigenvalue weighted by Crippen LogP contribution is 2.24. The molecular formula is C15H14N4O5. The molecule has 1 fully saturated rings. The van der Waals surface area contributed by atoms with Gasteiger partial charge in [-0.15, -0.1) is 0 Å². The molecule has 1 atom stereocenters. The van der Waals surface area contributed by atoms with E-state index < -0.39 is 23.6 Å². The third-order valence-electron chi connectivity index (χ3n) is 3.80. The highest BCUT2D eigenvalue weighted by atomic mass is 16.5. The molecule has 2 aromatic rings. The van der Waals surface area contributed by atoms with Gasteiger partial charge in [-0.2, -0.15) is 0 Å². The second-order valence-corrected chi connectivity index (χ2v) is 5.37. The maximum absolute atomic E-state index is 12.9. The summed E-state index contributed by atoms with van der Waals surface area (Å²) in [5.74, 6) is -0.656. The molecule has 1 aromatic carbocycles. The second kappa shape index (κ2) is 5.76. The standard InChI is InChI=1S/C15H14N4O5/c1-7-17-8-3-2-4-10(24-15(16)23)12(8)14(22)19(7)9-5-6-11(20)18-13(9)21/h2-4,9H,5-6H2,1H3,(H2,16,23)(H,18,20,21). The number of imide groups is 1. The number of ether oxygens (including phenoxy) is 1. The third-order valence-corrected chi connectivity index (χ3v) is 3.80. The number of rotatable bonds is 2. The van der Waals surface area contributed by atoms with Crippen molar-refractivity contribution in [3.63, 3.8) is 0 Å². The fraction of sp³-hybridized carbons (Fsp3) is 0.267. The van der Waals surface area contributed by atoms with E-state index in [-0.39, 0.29) is 29.9 Å². The van der Waals surface area contributed by atoms with Gasteiger partial charge < -0.3 is 10.5 Å². The van der Waals surface area contributed by atoms with Crippen LogP contribution in [0.2, 0.25) is 0 Å². The Morgan fingerprint density at radius 1 is 1.38 bits per heavy atom. The number of nitrogens with one attached hydrogen (secondary N) is 1. The van der Waals surface area contributed by atoms with E-state index in [4.69, 9.17) is 10.5 Å². The van der Waals surface area contributed by atoms with Crippen LogP contribution < -0.4 is 21.3 Å². The lowest BCUT2D eigenvalue weighted by Crippen LogP contribution is -2.45. The van der Waals surface area contributed by atoms with Gasteiger partial charge in [0, 0.05) is 6.42 Å². The summed E-state index contributed by atoms with van der Waals surface area (Å²) in [6.45, 7) is 1.59. The van der Waals surface area contributed by atoms with Gasteiger partial charge in [0.25, 0.3) is 5.56 Å². The molecule has 24 heavy (non-hydrogen) atoms. The van der Waals surface area contributed by atoms with Crippen molar-refractivity contribution in [2.75, 3.05) is 0 Å². The number of nitrogens with zero attached hydrogens (tertiary/aromatic N) is 2. The molecule has 3 amide bonds. The predicted molar refractivity (Wildman–Crippen MR) is 82.4 cm³/mol. The summed E-state index contributed by atoms with van der Waals surface area (Å²) in [5.41, 5.74) is 4.80. The van der Waals surface area contributed by atoms with E-state index >= 15 is 0 Å². The normalized spacial score (nSPS) is 17.6. The number of aryl methyl sites for hydroxylation is 1. The molecule has 1 saturated heterocycles. The van der Waals surface area contributed by atoms with Crippen molar-refractivity contribution in [2.24, 2.45) is 5.73 Å². The Labute approximate surface area is 135 Å². The van der Waals surface area contributed by atoms with Crippen LogP contribution in [0, 0.1) is 6.92 Å². The molecule has 1 aliphatic heterocycles. The van der Waals surface area contributed by atoms with E-state index in [0.29, 0.717) is 11.3 Å². The summed E-state index contributed by atoms with van der Waals surface area (Å²) >= 11 is 0. The smallest absolute Gasteiger partial charge is 0.409 e. The molecule has 0 saturated carbocycles. The Bertz CT molecular complexity index is 933. The lowest BCUT2D eigenvalue weighted by Gasteiger charge is -2.24. The average Bonchev–Trinajstić information content (AvgIpc) is 2.48. The Morgan fingerprint density at radius 2 is 2.12 bits per heavy atom. The Hall–Kier alpha value is -3.23. The molecule has 3 rings (SSSR count). The fourth-order valence-corrected chi connectivity index (χ4v) is 2.81. The maximum atomic E-state index is 12.9. The number of aromatic nitrogens is 2. The van der Waals surface area contributed by atoms with E-state index in [1.54, 1.807) is 19.1 Å². The summed E-state index contributed by atoms with van der Waals surface area (Å²) in [7, 11) is 0. The van der Waals surface area contributed by atoms with Crippen LogP contribution in [-0.4, -0.2) is 27.5 Å². The van der Waals surface area contributed by atoms with Crippen molar-refractivity contribution in [1.29, 1.82) is 0 Å². The molecule has 9 nitrogen and oxygen atoms in total. The Balaban J connectivity index is 2.22. The molecule has 0 bridgehead atoms. The van der Waals surface area contributed by atoms with Gasteiger partial charge in [-0.1, -0.05) is 6.07 Å². The SMILES string of the molecule is Cc1nc2cccc(OC(N)=O)c2c(=O)n1C1CCC(=O)NC1=O. The summed E-state index contributed by atoms with van der Waals surface area (Å²) < 4.78 is 6.07. The molecular weight excluding hydrogens is 316 g/mol. The lowest BCUT2D eigenvalue weighted by atomic mass is 10.1. The van der Waals surface area contributed by atoms with Gasteiger partial charge in [0.1, 0.15) is 23.0 Å². The maximum Gasteiger partial charge on any atom is 0.409 e. The molecule has 1 unspecified atom stereocenters. The van der Waals surface area contributed by atoms with Gasteiger partial charge in [-0.25, -0.2) is 9.78 Å². The minimum Gasteiger partial charge on any atom is -0.410 e. The number of primary amides is 1. The number of carbonyl (C=O) groups excluding carboxylic acids is 3. The molecule has 0 spiro atoms. The number of fused-ring (bicyclic) bond motifs is 1. The molecule has 3 N–H and O–H groups in total. The first kappa shape index (κ1) is 15.7. The summed E-state index contributed by atoms with van der Waals surface area (Å²) in [5, 5.41) is 2.25. The highest BCUT2D eigenvalue weighted by Gasteiger charge is 2.31. The quantitative estimate of drug-likeness (QED) is 0.752. The fourth-order valence-electron chi connectivity index (χ4n) is 2.81. The first-order valence-electron chi connectivity index (χ1n) is 7.21. The van der Waals surface area contributed by atoms with E-state index in [9.17, 15) is 19.2 Å². The zero-order valence-corrected chi connectivity index (χ0v) is 12.7. The van der Waals surface area contributed by atoms with Crippen LogP contribution >= 0.6 is 0 Å². The number of nitrogens with two attached hydrogens (primary N) is 1. The Kier molecular flexibility index (Phi) is 3.76. The van der Waals surface area contributed by atoms with Crippen molar-refractivity contribution in [1.82, 2.24) is 14.9 Å². The van der Waals surface area contributed by atoms with E-state index in [0.717, 1.165) is 0 Å². The average molecular weight is 330 g/mol. The van der Waals surface area contributed by atoms with Crippen LogP contribution in [0.15, 0.2) is 23.0 Å². The predicted octanol–water partition coefficient (Wildman–Crippen LogP) is 0.140. The summed E-state index contributed by atoms with van der Waals surface area (Å²) in [6.07, 6.45) is -0.743. The van der Waals surface area contributed by atoms with Crippen LogP contribution in [0.25, 0.3) is 10.9 Å². The number of benzene rings is 1. The van der Waals surface area contributed by atoms with Gasteiger partial charge in [-0.3, -0.25) is 24.3 Å². The van der Waals surface area contributed by atoms with Crippen molar-refractivity contribution < 1.29 is 19.1 Å². The molecule has 1 aliphatic rings. The second-order valence-electron chi connectivity index (χ2n) is 5.37. The highest BCUT2D eigenvalue weighted by molar-refractivity contribution is 5.99. The number of hydrogen-bond acceptors (Lipinski definition) is 6. The van der Waals surface area contributed by atoms with E-state index in [1.165, 1.54) is 10.6 Å². The number of amides is 3. The molecule has 0 radical (unpaired) electrons. The third kappa shape index (κ3) is 2.60. The molecule has 0 aliphatic carbocycles. The monoisotopic (exact) mass is 330 g/mol. The van der Waals surface area contributed by atoms with Crippen LogP contribution in [0.4, 0.5) is 4.79 Å². The van der Waals surface area contributed by atoms with Gasteiger partial charge in [0.15, 0.2) is 0 Å². The summed E-state index contributed by atoms with van der Waals surface area (Å²) in [6, 6.07) is 3.73. The van der Waals surface area contributed by atoms with Crippen molar-refractivity contribution in [3.05, 3.63) is 34.4 Å². The minimum atomic E-state index is -1.06. The first-order chi connectivity index (χ1) is 11.4. The van der Waals surface area contributed by atoms with Crippen molar-refractivity contribution >= 4 is 28.8 Å². The number of piperidine rings is 1. The van der Waals surface area contributed by atoms with Gasteiger partial charge in [0.2, 0.25) is 11.8 Å². The zero-order valence-electron chi connectivity index (χ0n) is 12.7. The molecule has 2 heterocycles. The van der Waals surface area contributed by atoms with Crippen molar-refractivity contribution in [2.45, 2.75) is 25.8 Å². The van der Waals surface area contributed by atoms with E-state index in [2.05, 4.69) is 10.3 Å². The Morgan fingerprint density at radius 3 is 2.79 bits per heavy atom. The minimum absolute atomic E-state index is 0.0291. The van der Waals surface area contributed by atoms with Crippen LogP contribution in [0.3, 0.4) is 0 Å². The summed E-state index contributed by atoms with van der Waals surface area (Å²) in [4.78, 5) is 51.6. The lowest BCUT2D eigenvalue weighted by molar-refractivity contribution is -0.135. The topological polar surface area (TPSA) is 133 Å². The van der Waals surface area contributed by atoms with Gasteiger partial charge >= 0.3 is 6.09 Å². The van der Waals surface area contributed by atoms with Crippen LogP contribution in [0.1, 0.15) is 24.7 Å². The van der Waals surface area contributed by atoms with Gasteiger partial charge in [0.05, 0.1) is 5.52 Å². The molecule has 1 aromatic heterocycles. The van der Waals surface area contributed by atoms with Gasteiger partial charge in [-0.05, 0) is 25.5 Å². The van der Waals surface area contributed by atoms with Crippen LogP contribution in [-0.2, 0) is 9.59 Å². The molecule has 9 heteroatoms. The van der Waals surface area contributed by atoms with E-state index in [1.807, 2.05) is 0 Å². The largest absolute Gasteiger partial charge is 0.410 e. The number of hydrogen-bond donors (Lipinski definition) is 2. The zero-order chi connectivity index (χ0) is 17.4.